The molecule has 0 aliphatic carbocycles. The maximum absolute atomic E-state index is 12.6. The molecule has 4 heterocycles. The molecule has 0 saturated carbocycles. The van der Waals surface area contributed by atoms with Crippen molar-refractivity contribution in [1.29, 1.82) is 0 Å². The summed E-state index contributed by atoms with van der Waals surface area (Å²) in [4.78, 5) is 27.8. The number of fused-ring (bicyclic) bond motifs is 2. The first-order chi connectivity index (χ1) is 13.3. The summed E-state index contributed by atoms with van der Waals surface area (Å²) in [5.74, 6) is 0.561. The number of nitrogens with zero attached hydrogens (tertiary/aromatic N) is 7. The van der Waals surface area contributed by atoms with Crippen molar-refractivity contribution in [2.45, 2.75) is 12.5 Å². The number of carbonyl (C=O) groups is 1. The summed E-state index contributed by atoms with van der Waals surface area (Å²) < 4.78 is 1.83. The van der Waals surface area contributed by atoms with E-state index in [2.05, 4.69) is 35.4 Å². The normalized spacial score (nSPS) is 16.9. The van der Waals surface area contributed by atoms with Crippen LogP contribution in [-0.2, 0) is 0 Å². The lowest BCUT2D eigenvalue weighted by Crippen LogP contribution is -2.37. The van der Waals surface area contributed by atoms with E-state index < -0.39 is 0 Å². The molecule has 4 aromatic rings. The zero-order valence-corrected chi connectivity index (χ0v) is 14.4. The summed E-state index contributed by atoms with van der Waals surface area (Å²) in [6.07, 6.45) is 7.52. The summed E-state index contributed by atoms with van der Waals surface area (Å²) in [6.45, 7) is 1.44. The highest BCUT2D eigenvalue weighted by molar-refractivity contribution is 5.94. The van der Waals surface area contributed by atoms with Gasteiger partial charge in [0.15, 0.2) is 5.82 Å². The molecule has 134 valence electrons. The molecule has 0 bridgehead atoms. The SMILES string of the molecule is O=C(NC1CCN(c2nccn3cnnc23)C1)c1cnc2ccccc2n1. The predicted molar refractivity (Wildman–Crippen MR) is 98.4 cm³/mol. The number of benzene rings is 1. The van der Waals surface area contributed by atoms with Crippen molar-refractivity contribution in [1.82, 2.24) is 34.9 Å². The summed E-state index contributed by atoms with van der Waals surface area (Å²) in [6, 6.07) is 7.51. The maximum Gasteiger partial charge on any atom is 0.271 e. The molecule has 27 heavy (non-hydrogen) atoms. The van der Waals surface area contributed by atoms with Crippen LogP contribution >= 0.6 is 0 Å². The van der Waals surface area contributed by atoms with E-state index in [1.54, 1.807) is 12.5 Å². The van der Waals surface area contributed by atoms with Crippen LogP contribution in [0, 0.1) is 0 Å². The highest BCUT2D eigenvalue weighted by atomic mass is 16.2. The van der Waals surface area contributed by atoms with Crippen LogP contribution in [0.4, 0.5) is 5.82 Å². The Morgan fingerprint density at radius 2 is 2.07 bits per heavy atom. The number of aromatic nitrogens is 6. The maximum atomic E-state index is 12.6. The lowest BCUT2D eigenvalue weighted by Gasteiger charge is -2.18. The third-order valence-corrected chi connectivity index (χ3v) is 4.70. The zero-order valence-electron chi connectivity index (χ0n) is 14.4. The van der Waals surface area contributed by atoms with Crippen LogP contribution in [-0.4, -0.2) is 54.6 Å². The quantitative estimate of drug-likeness (QED) is 0.583. The summed E-state index contributed by atoms with van der Waals surface area (Å²) in [5.41, 5.74) is 2.52. The van der Waals surface area contributed by atoms with Crippen molar-refractivity contribution in [2.24, 2.45) is 0 Å². The Labute approximate surface area is 154 Å². The van der Waals surface area contributed by atoms with Crippen LogP contribution in [0.25, 0.3) is 16.7 Å². The fourth-order valence-corrected chi connectivity index (χ4v) is 3.36. The smallest absolute Gasteiger partial charge is 0.271 e. The van der Waals surface area contributed by atoms with E-state index in [4.69, 9.17) is 0 Å². The number of nitrogens with one attached hydrogen (secondary N) is 1. The van der Waals surface area contributed by atoms with Crippen LogP contribution in [0.3, 0.4) is 0 Å². The topological polar surface area (TPSA) is 101 Å². The molecule has 9 nitrogen and oxygen atoms in total. The molecule has 1 unspecified atom stereocenters. The minimum absolute atomic E-state index is 0.00995. The Bertz CT molecular complexity index is 1140. The number of para-hydroxylation sites is 2. The van der Waals surface area contributed by atoms with Crippen LogP contribution in [0.5, 0.6) is 0 Å². The van der Waals surface area contributed by atoms with Gasteiger partial charge in [-0.3, -0.25) is 14.2 Å². The lowest BCUT2D eigenvalue weighted by molar-refractivity contribution is 0.0935. The molecule has 1 aliphatic heterocycles. The second-order valence-corrected chi connectivity index (χ2v) is 6.46. The molecule has 1 saturated heterocycles. The Kier molecular flexibility index (Phi) is 3.63. The second kappa shape index (κ2) is 6.27. The van der Waals surface area contributed by atoms with Crippen molar-refractivity contribution in [3.05, 3.63) is 54.9 Å². The van der Waals surface area contributed by atoms with Crippen LogP contribution in [0.15, 0.2) is 49.2 Å². The Morgan fingerprint density at radius 1 is 1.19 bits per heavy atom. The number of amides is 1. The third kappa shape index (κ3) is 2.82. The van der Waals surface area contributed by atoms with E-state index in [9.17, 15) is 4.79 Å². The molecular formula is C18H16N8O. The van der Waals surface area contributed by atoms with Gasteiger partial charge in [-0.1, -0.05) is 12.1 Å². The number of rotatable bonds is 3. The molecule has 1 amide bonds. The van der Waals surface area contributed by atoms with Crippen molar-refractivity contribution in [3.63, 3.8) is 0 Å². The molecule has 1 aliphatic rings. The van der Waals surface area contributed by atoms with Crippen LogP contribution in [0.1, 0.15) is 16.9 Å². The van der Waals surface area contributed by atoms with Gasteiger partial charge < -0.3 is 10.2 Å². The Hall–Kier alpha value is -3.62. The first kappa shape index (κ1) is 15.6. The minimum atomic E-state index is -0.214. The molecular weight excluding hydrogens is 344 g/mol. The minimum Gasteiger partial charge on any atom is -0.351 e. The molecule has 0 spiro atoms. The van der Waals surface area contributed by atoms with E-state index in [-0.39, 0.29) is 11.9 Å². The third-order valence-electron chi connectivity index (χ3n) is 4.70. The average molecular weight is 360 g/mol. The summed E-state index contributed by atoms with van der Waals surface area (Å²) in [7, 11) is 0. The standard InChI is InChI=1S/C18H16N8O/c27-18(15-9-20-13-3-1-2-4-14(13)23-15)22-12-5-7-25(10-12)16-17-24-21-11-26(17)8-6-19-16/h1-4,6,8-9,11-12H,5,7,10H2,(H,22,27). The van der Waals surface area contributed by atoms with Crippen molar-refractivity contribution in [2.75, 3.05) is 18.0 Å². The first-order valence-electron chi connectivity index (χ1n) is 8.70. The second-order valence-electron chi connectivity index (χ2n) is 6.46. The highest BCUT2D eigenvalue weighted by Gasteiger charge is 2.27. The molecule has 1 fully saturated rings. The number of hydrogen-bond donors (Lipinski definition) is 1. The van der Waals surface area contributed by atoms with Gasteiger partial charge in [-0.15, -0.1) is 10.2 Å². The van der Waals surface area contributed by atoms with Crippen molar-refractivity contribution >= 4 is 28.4 Å². The van der Waals surface area contributed by atoms with Crippen LogP contribution in [0.2, 0.25) is 0 Å². The van der Waals surface area contributed by atoms with Gasteiger partial charge in [0.1, 0.15) is 12.0 Å². The van der Waals surface area contributed by atoms with E-state index in [0.29, 0.717) is 23.4 Å². The lowest BCUT2D eigenvalue weighted by atomic mass is 10.2. The molecule has 1 aromatic carbocycles. The van der Waals surface area contributed by atoms with Crippen LogP contribution < -0.4 is 10.2 Å². The van der Waals surface area contributed by atoms with E-state index >= 15 is 0 Å². The van der Waals surface area contributed by atoms with Gasteiger partial charge in [-0.05, 0) is 18.6 Å². The number of hydrogen-bond acceptors (Lipinski definition) is 7. The monoisotopic (exact) mass is 360 g/mol. The van der Waals surface area contributed by atoms with Gasteiger partial charge in [-0.2, -0.15) is 0 Å². The largest absolute Gasteiger partial charge is 0.351 e. The Morgan fingerprint density at radius 3 is 3.00 bits per heavy atom. The van der Waals surface area contributed by atoms with Gasteiger partial charge in [-0.25, -0.2) is 9.97 Å². The van der Waals surface area contributed by atoms with Crippen molar-refractivity contribution < 1.29 is 4.79 Å². The molecule has 3 aromatic heterocycles. The molecule has 1 N–H and O–H groups in total. The molecule has 1 atom stereocenters. The van der Waals surface area contributed by atoms with E-state index in [1.807, 2.05) is 34.9 Å². The molecule has 9 heteroatoms. The fraction of sp³-hybridized carbons (Fsp3) is 0.222. The average Bonchev–Trinajstić information content (AvgIpc) is 3.36. The summed E-state index contributed by atoms with van der Waals surface area (Å²) >= 11 is 0. The number of carbonyl (C=O) groups excluding carboxylic acids is 1. The van der Waals surface area contributed by atoms with Gasteiger partial charge >= 0.3 is 0 Å². The van der Waals surface area contributed by atoms with Gasteiger partial charge in [0, 0.05) is 31.5 Å². The highest BCUT2D eigenvalue weighted by Crippen LogP contribution is 2.21. The van der Waals surface area contributed by atoms with Crippen molar-refractivity contribution in [3.8, 4) is 0 Å². The summed E-state index contributed by atoms with van der Waals surface area (Å²) in [5, 5.41) is 11.1. The number of anilines is 1. The van der Waals surface area contributed by atoms with Gasteiger partial charge in [0.05, 0.1) is 17.2 Å². The zero-order chi connectivity index (χ0) is 18.2. The fourth-order valence-electron chi connectivity index (χ4n) is 3.36. The van der Waals surface area contributed by atoms with E-state index in [1.165, 1.54) is 6.20 Å². The first-order valence-corrected chi connectivity index (χ1v) is 8.70. The Balaban J connectivity index is 1.31. The predicted octanol–water partition coefficient (Wildman–Crippen LogP) is 1.08. The van der Waals surface area contributed by atoms with E-state index in [0.717, 1.165) is 24.3 Å². The van der Waals surface area contributed by atoms with Gasteiger partial charge in [0.25, 0.3) is 5.91 Å². The molecule has 5 rings (SSSR count). The molecule has 0 radical (unpaired) electrons. The van der Waals surface area contributed by atoms with Gasteiger partial charge in [0.2, 0.25) is 5.65 Å².